The Bertz CT molecular complexity index is 457. The predicted octanol–water partition coefficient (Wildman–Crippen LogP) is 3.16. The molecule has 0 aromatic carbocycles. The van der Waals surface area contributed by atoms with Crippen LogP contribution in [0, 0.1) is 5.92 Å². The summed E-state index contributed by atoms with van der Waals surface area (Å²) in [4.78, 5) is 8.27. The van der Waals surface area contributed by atoms with Crippen molar-refractivity contribution in [1.82, 2.24) is 20.2 Å². The second-order valence-electron chi connectivity index (χ2n) is 5.74. The van der Waals surface area contributed by atoms with E-state index in [-0.39, 0.29) is 18.4 Å². The van der Waals surface area contributed by atoms with Gasteiger partial charge in [-0.2, -0.15) is 8.78 Å². The highest BCUT2D eigenvalue weighted by Gasteiger charge is 2.11. The highest BCUT2D eigenvalue weighted by molar-refractivity contribution is 5.79. The van der Waals surface area contributed by atoms with Gasteiger partial charge in [-0.25, -0.2) is 9.98 Å². The van der Waals surface area contributed by atoms with E-state index >= 15 is 0 Å². The van der Waals surface area contributed by atoms with Gasteiger partial charge in [0.05, 0.1) is 0 Å². The molecule has 1 rings (SSSR count). The SMILES string of the molecule is CCNC(=NCc1nccn1C(F)F)NC(C)CCC(C)C. The van der Waals surface area contributed by atoms with Crippen molar-refractivity contribution in [2.24, 2.45) is 10.9 Å². The van der Waals surface area contributed by atoms with Crippen LogP contribution in [-0.4, -0.2) is 28.1 Å². The molecule has 0 aliphatic rings. The Hall–Kier alpha value is -1.66. The monoisotopic (exact) mass is 315 g/mol. The van der Waals surface area contributed by atoms with Gasteiger partial charge in [0.1, 0.15) is 12.4 Å². The maximum atomic E-state index is 12.8. The van der Waals surface area contributed by atoms with Gasteiger partial charge in [0.15, 0.2) is 5.96 Å². The maximum Gasteiger partial charge on any atom is 0.319 e. The van der Waals surface area contributed by atoms with E-state index in [0.717, 1.165) is 17.4 Å². The van der Waals surface area contributed by atoms with Gasteiger partial charge in [-0.3, -0.25) is 4.57 Å². The van der Waals surface area contributed by atoms with Crippen molar-refractivity contribution in [2.45, 2.75) is 59.7 Å². The fourth-order valence-electron chi connectivity index (χ4n) is 2.00. The van der Waals surface area contributed by atoms with Crippen LogP contribution in [-0.2, 0) is 6.54 Å². The normalized spacial score (nSPS) is 13.7. The van der Waals surface area contributed by atoms with Gasteiger partial charge in [-0.1, -0.05) is 13.8 Å². The third-order valence-corrected chi connectivity index (χ3v) is 3.24. The van der Waals surface area contributed by atoms with Gasteiger partial charge in [-0.15, -0.1) is 0 Å². The molecule has 2 N–H and O–H groups in total. The Labute approximate surface area is 131 Å². The van der Waals surface area contributed by atoms with Crippen molar-refractivity contribution < 1.29 is 8.78 Å². The molecule has 22 heavy (non-hydrogen) atoms. The lowest BCUT2D eigenvalue weighted by molar-refractivity contribution is 0.0671. The average molecular weight is 315 g/mol. The van der Waals surface area contributed by atoms with Gasteiger partial charge < -0.3 is 10.6 Å². The highest BCUT2D eigenvalue weighted by atomic mass is 19.3. The Kier molecular flexibility index (Phi) is 7.84. The van der Waals surface area contributed by atoms with E-state index < -0.39 is 6.55 Å². The van der Waals surface area contributed by atoms with Crippen molar-refractivity contribution in [3.8, 4) is 0 Å². The molecule has 1 atom stereocenters. The zero-order valence-corrected chi connectivity index (χ0v) is 13.8. The largest absolute Gasteiger partial charge is 0.357 e. The summed E-state index contributed by atoms with van der Waals surface area (Å²) in [5.74, 6) is 1.53. The molecule has 0 aliphatic heterocycles. The van der Waals surface area contributed by atoms with Crippen molar-refractivity contribution in [3.63, 3.8) is 0 Å². The van der Waals surface area contributed by atoms with E-state index in [1.165, 1.54) is 12.4 Å². The number of aliphatic imine (C=N–C) groups is 1. The van der Waals surface area contributed by atoms with Crippen LogP contribution in [0.15, 0.2) is 17.4 Å². The molecule has 1 heterocycles. The summed E-state index contributed by atoms with van der Waals surface area (Å²) in [6.07, 6.45) is 4.79. The van der Waals surface area contributed by atoms with E-state index in [4.69, 9.17) is 0 Å². The molecular weight excluding hydrogens is 288 g/mol. The topological polar surface area (TPSA) is 54.2 Å². The lowest BCUT2D eigenvalue weighted by Crippen LogP contribution is -2.42. The first-order chi connectivity index (χ1) is 10.4. The lowest BCUT2D eigenvalue weighted by atomic mass is 10.0. The zero-order valence-electron chi connectivity index (χ0n) is 13.8. The third kappa shape index (κ3) is 6.41. The number of nitrogens with zero attached hydrogens (tertiary/aromatic N) is 3. The number of imidazole rings is 1. The Morgan fingerprint density at radius 2 is 2.05 bits per heavy atom. The van der Waals surface area contributed by atoms with Crippen molar-refractivity contribution in [1.29, 1.82) is 0 Å². The summed E-state index contributed by atoms with van der Waals surface area (Å²) in [6.45, 7) is 6.68. The third-order valence-electron chi connectivity index (χ3n) is 3.24. The minimum atomic E-state index is -2.59. The summed E-state index contributed by atoms with van der Waals surface area (Å²) < 4.78 is 26.4. The van der Waals surface area contributed by atoms with Gasteiger partial charge in [0.2, 0.25) is 0 Å². The number of hydrogen-bond donors (Lipinski definition) is 2. The molecule has 126 valence electrons. The van der Waals surface area contributed by atoms with Gasteiger partial charge in [-0.05, 0) is 32.6 Å². The minimum Gasteiger partial charge on any atom is -0.357 e. The van der Waals surface area contributed by atoms with E-state index in [1.807, 2.05) is 6.92 Å². The maximum absolute atomic E-state index is 12.8. The number of alkyl halides is 2. The van der Waals surface area contributed by atoms with Crippen molar-refractivity contribution >= 4 is 5.96 Å². The molecule has 0 saturated heterocycles. The van der Waals surface area contributed by atoms with Crippen LogP contribution >= 0.6 is 0 Å². The summed E-state index contributed by atoms with van der Waals surface area (Å²) >= 11 is 0. The Morgan fingerprint density at radius 3 is 2.64 bits per heavy atom. The van der Waals surface area contributed by atoms with Crippen LogP contribution in [0.25, 0.3) is 0 Å². The van der Waals surface area contributed by atoms with E-state index in [1.54, 1.807) is 0 Å². The van der Waals surface area contributed by atoms with Crippen LogP contribution < -0.4 is 10.6 Å². The second kappa shape index (κ2) is 9.38. The fraction of sp³-hybridized carbons (Fsp3) is 0.733. The summed E-state index contributed by atoms with van der Waals surface area (Å²) in [5.41, 5.74) is 0. The van der Waals surface area contributed by atoms with Crippen molar-refractivity contribution in [2.75, 3.05) is 6.54 Å². The number of rotatable bonds is 8. The molecule has 1 aromatic rings. The number of hydrogen-bond acceptors (Lipinski definition) is 2. The van der Waals surface area contributed by atoms with Crippen molar-refractivity contribution in [3.05, 3.63) is 18.2 Å². The number of nitrogens with one attached hydrogen (secondary N) is 2. The standard InChI is InChI=1S/C15H27F2N5/c1-5-18-15(21-12(4)7-6-11(2)3)20-10-13-19-8-9-22(13)14(16)17/h8-9,11-12,14H,5-7,10H2,1-4H3,(H2,18,20,21). The summed E-state index contributed by atoms with van der Waals surface area (Å²) in [5, 5.41) is 6.43. The molecular formula is C15H27F2N5. The summed E-state index contributed by atoms with van der Waals surface area (Å²) in [6, 6.07) is 0.273. The molecule has 1 unspecified atom stereocenters. The molecule has 0 saturated carbocycles. The molecule has 0 amide bonds. The van der Waals surface area contributed by atoms with E-state index in [0.29, 0.717) is 18.4 Å². The molecule has 0 spiro atoms. The van der Waals surface area contributed by atoms with Crippen LogP contribution in [0.4, 0.5) is 8.78 Å². The van der Waals surface area contributed by atoms with E-state index in [2.05, 4.69) is 41.4 Å². The molecule has 7 heteroatoms. The number of halogens is 2. The van der Waals surface area contributed by atoms with E-state index in [9.17, 15) is 8.78 Å². The Morgan fingerprint density at radius 1 is 1.32 bits per heavy atom. The van der Waals surface area contributed by atoms with Gasteiger partial charge >= 0.3 is 6.55 Å². The molecule has 1 aromatic heterocycles. The van der Waals surface area contributed by atoms with Gasteiger partial charge in [0, 0.05) is 25.0 Å². The molecule has 5 nitrogen and oxygen atoms in total. The first-order valence-electron chi connectivity index (χ1n) is 7.78. The zero-order chi connectivity index (χ0) is 16.5. The van der Waals surface area contributed by atoms with Crippen LogP contribution in [0.3, 0.4) is 0 Å². The molecule has 0 bridgehead atoms. The number of guanidine groups is 1. The van der Waals surface area contributed by atoms with Crippen LogP contribution in [0.1, 0.15) is 52.9 Å². The first kappa shape index (κ1) is 18.4. The fourth-order valence-corrected chi connectivity index (χ4v) is 2.00. The molecule has 0 aliphatic carbocycles. The number of aromatic nitrogens is 2. The average Bonchev–Trinajstić information content (AvgIpc) is 2.91. The predicted molar refractivity (Wildman–Crippen MR) is 85.0 cm³/mol. The first-order valence-corrected chi connectivity index (χ1v) is 7.78. The van der Waals surface area contributed by atoms with Crippen LogP contribution in [0.2, 0.25) is 0 Å². The molecule has 0 radical (unpaired) electrons. The molecule has 0 fully saturated rings. The van der Waals surface area contributed by atoms with Gasteiger partial charge in [0.25, 0.3) is 0 Å². The lowest BCUT2D eigenvalue weighted by Gasteiger charge is -2.18. The Balaban J connectivity index is 2.63. The quantitative estimate of drug-likeness (QED) is 0.572. The minimum absolute atomic E-state index is 0.115. The second-order valence-corrected chi connectivity index (χ2v) is 5.74. The van der Waals surface area contributed by atoms with Crippen LogP contribution in [0.5, 0.6) is 0 Å². The highest BCUT2D eigenvalue weighted by Crippen LogP contribution is 2.13. The smallest absolute Gasteiger partial charge is 0.319 e. The summed E-state index contributed by atoms with van der Waals surface area (Å²) in [7, 11) is 0.